The van der Waals surface area contributed by atoms with E-state index >= 15 is 0 Å². The molecule has 0 aromatic heterocycles. The van der Waals surface area contributed by atoms with Crippen LogP contribution in [0.2, 0.25) is 0 Å². The van der Waals surface area contributed by atoms with Crippen molar-refractivity contribution in [3.63, 3.8) is 0 Å². The van der Waals surface area contributed by atoms with Crippen LogP contribution in [0.4, 0.5) is 0 Å². The lowest BCUT2D eigenvalue weighted by Crippen LogP contribution is -2.46. The van der Waals surface area contributed by atoms with Gasteiger partial charge in [-0.2, -0.15) is 0 Å². The predicted molar refractivity (Wildman–Crippen MR) is 39.5 cm³/mol. The maximum atomic E-state index is 8.39. The molecule has 1 aliphatic rings. The highest BCUT2D eigenvalue weighted by molar-refractivity contribution is 4.71. The van der Waals surface area contributed by atoms with Gasteiger partial charge in [0.15, 0.2) is 0 Å². The lowest BCUT2D eigenvalue weighted by atomic mass is 10.2. The molecule has 0 spiro atoms. The fourth-order valence-corrected chi connectivity index (χ4v) is 0.273. The topological polar surface area (TPSA) is 32.3 Å². The lowest BCUT2D eigenvalue weighted by molar-refractivity contribution is 0.117. The summed E-state index contributed by atoms with van der Waals surface area (Å²) < 4.78 is 0. The van der Waals surface area contributed by atoms with Crippen molar-refractivity contribution in [2.24, 2.45) is 0 Å². The molecular formula is C7H17NO. The van der Waals surface area contributed by atoms with Gasteiger partial charge in [0.1, 0.15) is 0 Å². The van der Waals surface area contributed by atoms with Crippen molar-refractivity contribution < 1.29 is 5.11 Å². The quantitative estimate of drug-likeness (QED) is 0.550. The third-order valence-electron chi connectivity index (χ3n) is 1.26. The first-order valence-electron chi connectivity index (χ1n) is 3.70. The summed E-state index contributed by atoms with van der Waals surface area (Å²) in [5, 5.41) is 11.3. The molecular weight excluding hydrogens is 114 g/mol. The summed E-state index contributed by atoms with van der Waals surface area (Å²) in [6, 6.07) is 0. The predicted octanol–water partition coefficient (Wildman–Crippen LogP) is 0.757. The zero-order valence-corrected chi connectivity index (χ0v) is 6.35. The number of nitrogens with one attached hydrogen (secondary N) is 1. The van der Waals surface area contributed by atoms with Crippen LogP contribution in [0.5, 0.6) is 0 Å². The molecule has 0 aromatic carbocycles. The maximum Gasteiger partial charge on any atom is 0.0788 e. The Bertz CT molecular complexity index is 50.9. The molecule has 2 N–H and O–H groups in total. The van der Waals surface area contributed by atoms with Crippen molar-refractivity contribution in [1.82, 2.24) is 5.32 Å². The van der Waals surface area contributed by atoms with Gasteiger partial charge in [-0.3, -0.25) is 0 Å². The van der Waals surface area contributed by atoms with E-state index in [1.165, 1.54) is 12.8 Å². The van der Waals surface area contributed by atoms with Gasteiger partial charge in [-0.15, -0.1) is 0 Å². The molecule has 1 rings (SSSR count). The van der Waals surface area contributed by atoms with E-state index in [0.717, 1.165) is 13.1 Å². The minimum Gasteiger partial charge on any atom is -0.390 e. The van der Waals surface area contributed by atoms with E-state index in [-0.39, 0.29) is 6.10 Å². The van der Waals surface area contributed by atoms with Gasteiger partial charge in [-0.1, -0.05) is 26.7 Å². The number of aliphatic hydroxyl groups is 1. The van der Waals surface area contributed by atoms with Crippen LogP contribution >= 0.6 is 0 Å². The zero-order valence-electron chi connectivity index (χ0n) is 6.35. The van der Waals surface area contributed by atoms with Gasteiger partial charge in [0.05, 0.1) is 6.10 Å². The maximum absolute atomic E-state index is 8.39. The fraction of sp³-hybridized carbons (Fsp3) is 1.00. The number of unbranched alkanes of at least 4 members (excludes halogenated alkanes) is 1. The molecule has 1 heterocycles. The average molecular weight is 131 g/mol. The summed E-state index contributed by atoms with van der Waals surface area (Å²) in [6.07, 6.45) is 2.59. The summed E-state index contributed by atoms with van der Waals surface area (Å²) in [5.41, 5.74) is 0. The summed E-state index contributed by atoms with van der Waals surface area (Å²) in [6.45, 7) is 5.94. The summed E-state index contributed by atoms with van der Waals surface area (Å²) >= 11 is 0. The van der Waals surface area contributed by atoms with Crippen molar-refractivity contribution in [2.75, 3.05) is 13.1 Å². The van der Waals surface area contributed by atoms with E-state index in [1.807, 2.05) is 0 Å². The van der Waals surface area contributed by atoms with Crippen LogP contribution in [-0.2, 0) is 0 Å². The second-order valence-corrected chi connectivity index (χ2v) is 2.31. The van der Waals surface area contributed by atoms with E-state index in [4.69, 9.17) is 5.11 Å². The summed E-state index contributed by atoms with van der Waals surface area (Å²) in [4.78, 5) is 0. The number of hydrogen-bond acceptors (Lipinski definition) is 2. The monoisotopic (exact) mass is 131 g/mol. The highest BCUT2D eigenvalue weighted by Gasteiger charge is 2.10. The first kappa shape index (κ1) is 8.92. The van der Waals surface area contributed by atoms with Crippen LogP contribution in [0.3, 0.4) is 0 Å². The minimum atomic E-state index is -0.0463. The Morgan fingerprint density at radius 3 is 1.67 bits per heavy atom. The van der Waals surface area contributed by atoms with Gasteiger partial charge in [0, 0.05) is 13.1 Å². The minimum absolute atomic E-state index is 0.0463. The number of rotatable bonds is 1. The molecule has 0 amide bonds. The van der Waals surface area contributed by atoms with Crippen LogP contribution in [0.15, 0.2) is 0 Å². The second kappa shape index (κ2) is 6.05. The van der Waals surface area contributed by atoms with Crippen molar-refractivity contribution in [3.8, 4) is 0 Å². The third kappa shape index (κ3) is 5.80. The van der Waals surface area contributed by atoms with Crippen LogP contribution in [0.1, 0.15) is 26.7 Å². The molecule has 0 bridgehead atoms. The van der Waals surface area contributed by atoms with E-state index in [0.29, 0.717) is 0 Å². The first-order valence-corrected chi connectivity index (χ1v) is 3.70. The molecule has 1 aliphatic heterocycles. The standard InChI is InChI=1S/C4H10.C3H7NO/c1-3-4-2;5-3-1-4-2-3/h3-4H2,1-2H3;3-5H,1-2H2. The van der Waals surface area contributed by atoms with Crippen molar-refractivity contribution in [3.05, 3.63) is 0 Å². The molecule has 0 aromatic rings. The molecule has 0 unspecified atom stereocenters. The largest absolute Gasteiger partial charge is 0.390 e. The third-order valence-corrected chi connectivity index (χ3v) is 1.26. The van der Waals surface area contributed by atoms with Gasteiger partial charge in [0.25, 0.3) is 0 Å². The van der Waals surface area contributed by atoms with Gasteiger partial charge in [-0.25, -0.2) is 0 Å². The molecule has 0 saturated carbocycles. The summed E-state index contributed by atoms with van der Waals surface area (Å²) in [5.74, 6) is 0. The van der Waals surface area contributed by atoms with Crippen LogP contribution in [-0.4, -0.2) is 24.3 Å². The Labute approximate surface area is 57.3 Å². The van der Waals surface area contributed by atoms with Crippen molar-refractivity contribution in [1.29, 1.82) is 0 Å². The SMILES string of the molecule is CCCC.OC1CNC1. The Kier molecular flexibility index (Phi) is 5.99. The lowest BCUT2D eigenvalue weighted by Gasteiger charge is -2.20. The molecule has 1 fully saturated rings. The molecule has 0 atom stereocenters. The Hall–Kier alpha value is -0.0800. The molecule has 2 heteroatoms. The molecule has 9 heavy (non-hydrogen) atoms. The molecule has 0 radical (unpaired) electrons. The Balaban J connectivity index is 0.000000148. The van der Waals surface area contributed by atoms with Crippen LogP contribution < -0.4 is 5.32 Å². The normalized spacial score (nSPS) is 17.7. The van der Waals surface area contributed by atoms with E-state index in [1.54, 1.807) is 0 Å². The highest BCUT2D eigenvalue weighted by Crippen LogP contribution is 1.85. The molecule has 1 saturated heterocycles. The van der Waals surface area contributed by atoms with Crippen molar-refractivity contribution >= 4 is 0 Å². The Morgan fingerprint density at radius 2 is 1.67 bits per heavy atom. The molecule has 0 aliphatic carbocycles. The number of β-amino-alcohol motifs (C(OH)–C–C–N with tert-alkyl or cyclic N) is 1. The Morgan fingerprint density at radius 1 is 1.33 bits per heavy atom. The van der Waals surface area contributed by atoms with Gasteiger partial charge in [-0.05, 0) is 0 Å². The summed E-state index contributed by atoms with van der Waals surface area (Å²) in [7, 11) is 0. The number of aliphatic hydroxyl groups excluding tert-OH is 1. The van der Waals surface area contributed by atoms with Crippen LogP contribution in [0.25, 0.3) is 0 Å². The molecule has 56 valence electrons. The molecule has 2 nitrogen and oxygen atoms in total. The zero-order chi connectivity index (χ0) is 7.11. The van der Waals surface area contributed by atoms with Gasteiger partial charge < -0.3 is 10.4 Å². The second-order valence-electron chi connectivity index (χ2n) is 2.31. The van der Waals surface area contributed by atoms with Gasteiger partial charge in [0.2, 0.25) is 0 Å². The highest BCUT2D eigenvalue weighted by atomic mass is 16.3. The van der Waals surface area contributed by atoms with E-state index in [9.17, 15) is 0 Å². The fourth-order valence-electron chi connectivity index (χ4n) is 0.273. The van der Waals surface area contributed by atoms with E-state index < -0.39 is 0 Å². The van der Waals surface area contributed by atoms with E-state index in [2.05, 4.69) is 19.2 Å². The number of hydrogen-bond donors (Lipinski definition) is 2. The smallest absolute Gasteiger partial charge is 0.0788 e. The first-order chi connectivity index (χ1) is 4.31. The van der Waals surface area contributed by atoms with Crippen LogP contribution in [0, 0.1) is 0 Å². The average Bonchev–Trinajstić information content (AvgIpc) is 1.84. The van der Waals surface area contributed by atoms with Crippen molar-refractivity contribution in [2.45, 2.75) is 32.8 Å². The van der Waals surface area contributed by atoms with Gasteiger partial charge >= 0.3 is 0 Å².